The van der Waals surface area contributed by atoms with Gasteiger partial charge in [0.1, 0.15) is 11.6 Å². The van der Waals surface area contributed by atoms with Crippen molar-refractivity contribution in [1.82, 2.24) is 4.90 Å². The number of carboxylic acids is 1. The molecule has 0 bridgehead atoms. The third-order valence-corrected chi connectivity index (χ3v) is 3.50. The second-order valence-electron chi connectivity index (χ2n) is 6.68. The predicted molar refractivity (Wildman–Crippen MR) is 83.1 cm³/mol. The van der Waals surface area contributed by atoms with Crippen LogP contribution in [0.25, 0.3) is 0 Å². The van der Waals surface area contributed by atoms with Crippen LogP contribution in [0.5, 0.6) is 0 Å². The topological polar surface area (TPSA) is 110 Å². The molecule has 24 heavy (non-hydrogen) atoms. The zero-order valence-electron chi connectivity index (χ0n) is 14.5. The van der Waals surface area contributed by atoms with Crippen molar-refractivity contribution in [2.45, 2.75) is 65.0 Å². The number of nitrogens with zero attached hydrogens (tertiary/aromatic N) is 1. The SMILES string of the molecule is CCOC(=O)[C@@H]1CC(CCCC(=O)O)C(=O)N1C(=O)OC(C)(C)C. The first kappa shape index (κ1) is 19.9. The summed E-state index contributed by atoms with van der Waals surface area (Å²) in [5, 5.41) is 8.69. The van der Waals surface area contributed by atoms with Crippen molar-refractivity contribution in [1.29, 1.82) is 0 Å². The van der Waals surface area contributed by atoms with Gasteiger partial charge < -0.3 is 14.6 Å². The number of amides is 2. The first-order valence-corrected chi connectivity index (χ1v) is 8.01. The highest BCUT2D eigenvalue weighted by molar-refractivity contribution is 6.00. The number of likely N-dealkylation sites (tertiary alicyclic amines) is 1. The van der Waals surface area contributed by atoms with Crippen molar-refractivity contribution in [2.75, 3.05) is 6.61 Å². The predicted octanol–water partition coefficient (Wildman–Crippen LogP) is 1.96. The molecule has 1 rings (SSSR count). The standard InChI is InChI=1S/C16H25NO7/c1-5-23-14(21)11-9-10(7-6-8-12(18)19)13(20)17(11)15(22)24-16(2,3)4/h10-11H,5-9H2,1-4H3,(H,18,19)/t10?,11-/m0/s1. The molecule has 2 atom stereocenters. The lowest BCUT2D eigenvalue weighted by Crippen LogP contribution is -2.46. The molecule has 1 saturated heterocycles. The maximum Gasteiger partial charge on any atom is 0.417 e. The van der Waals surface area contributed by atoms with E-state index in [9.17, 15) is 19.2 Å². The summed E-state index contributed by atoms with van der Waals surface area (Å²) in [5.41, 5.74) is -0.808. The first-order valence-electron chi connectivity index (χ1n) is 8.01. The van der Waals surface area contributed by atoms with Crippen LogP contribution in [-0.4, -0.2) is 52.2 Å². The Morgan fingerprint density at radius 2 is 1.92 bits per heavy atom. The minimum Gasteiger partial charge on any atom is -0.481 e. The van der Waals surface area contributed by atoms with Crippen LogP contribution in [-0.2, 0) is 23.9 Å². The molecule has 1 aliphatic rings. The fourth-order valence-corrected chi connectivity index (χ4v) is 2.54. The summed E-state index contributed by atoms with van der Waals surface area (Å²) in [7, 11) is 0. The number of hydrogen-bond acceptors (Lipinski definition) is 6. The number of esters is 1. The van der Waals surface area contributed by atoms with Crippen LogP contribution >= 0.6 is 0 Å². The maximum atomic E-state index is 12.5. The normalized spacial score (nSPS) is 20.8. The molecule has 8 heteroatoms. The van der Waals surface area contributed by atoms with Gasteiger partial charge in [0, 0.05) is 12.3 Å². The Morgan fingerprint density at radius 3 is 2.42 bits per heavy atom. The molecule has 1 fully saturated rings. The Bertz CT molecular complexity index is 509. The van der Waals surface area contributed by atoms with E-state index in [2.05, 4.69) is 0 Å². The maximum absolute atomic E-state index is 12.5. The molecule has 1 aliphatic heterocycles. The van der Waals surface area contributed by atoms with Gasteiger partial charge >= 0.3 is 18.0 Å². The number of imide groups is 1. The zero-order valence-corrected chi connectivity index (χ0v) is 14.5. The molecule has 0 aliphatic carbocycles. The molecule has 0 radical (unpaired) electrons. The van der Waals surface area contributed by atoms with E-state index in [1.54, 1.807) is 27.7 Å². The van der Waals surface area contributed by atoms with Crippen molar-refractivity contribution in [3.05, 3.63) is 0 Å². The third-order valence-electron chi connectivity index (χ3n) is 3.50. The number of rotatable bonds is 6. The lowest BCUT2D eigenvalue weighted by atomic mass is 9.98. The van der Waals surface area contributed by atoms with E-state index in [1.807, 2.05) is 0 Å². The van der Waals surface area contributed by atoms with E-state index in [0.29, 0.717) is 12.8 Å². The van der Waals surface area contributed by atoms with E-state index in [4.69, 9.17) is 14.6 Å². The van der Waals surface area contributed by atoms with Gasteiger partial charge in [-0.25, -0.2) is 14.5 Å². The second kappa shape index (κ2) is 8.12. The van der Waals surface area contributed by atoms with Crippen LogP contribution in [0, 0.1) is 5.92 Å². The van der Waals surface area contributed by atoms with Gasteiger partial charge in [-0.2, -0.15) is 0 Å². The number of hydrogen-bond donors (Lipinski definition) is 1. The van der Waals surface area contributed by atoms with Gasteiger partial charge in [-0.1, -0.05) is 0 Å². The van der Waals surface area contributed by atoms with Gasteiger partial charge in [-0.15, -0.1) is 0 Å². The summed E-state index contributed by atoms with van der Waals surface area (Å²) >= 11 is 0. The lowest BCUT2D eigenvalue weighted by Gasteiger charge is -2.26. The van der Waals surface area contributed by atoms with E-state index in [-0.39, 0.29) is 19.4 Å². The second-order valence-corrected chi connectivity index (χ2v) is 6.68. The van der Waals surface area contributed by atoms with Gasteiger partial charge in [0.2, 0.25) is 5.91 Å². The molecular formula is C16H25NO7. The molecule has 0 aromatic carbocycles. The first-order chi connectivity index (χ1) is 11.1. The minimum atomic E-state index is -1.03. The largest absolute Gasteiger partial charge is 0.481 e. The molecule has 0 aromatic rings. The molecule has 1 heterocycles. The van der Waals surface area contributed by atoms with Crippen molar-refractivity contribution in [3.63, 3.8) is 0 Å². The minimum absolute atomic E-state index is 0.0692. The molecule has 0 spiro atoms. The Labute approximate surface area is 141 Å². The summed E-state index contributed by atoms with van der Waals surface area (Å²) in [6.07, 6.45) is -0.244. The Hall–Kier alpha value is -2.12. The number of carboxylic acid groups (broad SMARTS) is 1. The van der Waals surface area contributed by atoms with E-state index >= 15 is 0 Å². The summed E-state index contributed by atoms with van der Waals surface area (Å²) in [6, 6.07) is -1.03. The van der Waals surface area contributed by atoms with Crippen LogP contribution in [0.2, 0.25) is 0 Å². The lowest BCUT2D eigenvalue weighted by molar-refractivity contribution is -0.151. The fourth-order valence-electron chi connectivity index (χ4n) is 2.54. The van der Waals surface area contributed by atoms with Crippen LogP contribution < -0.4 is 0 Å². The number of ether oxygens (including phenoxy) is 2. The van der Waals surface area contributed by atoms with Crippen LogP contribution in [0.4, 0.5) is 4.79 Å². The Morgan fingerprint density at radius 1 is 1.29 bits per heavy atom. The molecule has 0 aromatic heterocycles. The average Bonchev–Trinajstić information content (AvgIpc) is 2.74. The van der Waals surface area contributed by atoms with Gasteiger partial charge in [-0.05, 0) is 47.0 Å². The molecular weight excluding hydrogens is 318 g/mol. The zero-order chi connectivity index (χ0) is 18.5. The molecule has 8 nitrogen and oxygen atoms in total. The molecule has 0 saturated carbocycles. The Kier molecular flexibility index (Phi) is 6.74. The van der Waals surface area contributed by atoms with Crippen molar-refractivity contribution >= 4 is 23.9 Å². The summed E-state index contributed by atoms with van der Waals surface area (Å²) in [5.74, 6) is -2.72. The Balaban J connectivity index is 2.89. The van der Waals surface area contributed by atoms with Gasteiger partial charge in [0.25, 0.3) is 0 Å². The van der Waals surface area contributed by atoms with Crippen LogP contribution in [0.15, 0.2) is 0 Å². The monoisotopic (exact) mass is 343 g/mol. The molecule has 136 valence electrons. The molecule has 1 unspecified atom stereocenters. The average molecular weight is 343 g/mol. The van der Waals surface area contributed by atoms with E-state index in [0.717, 1.165) is 4.90 Å². The smallest absolute Gasteiger partial charge is 0.417 e. The number of carbonyl (C=O) groups excluding carboxylic acids is 3. The van der Waals surface area contributed by atoms with E-state index < -0.39 is 41.5 Å². The quantitative estimate of drug-likeness (QED) is 0.734. The highest BCUT2D eigenvalue weighted by Crippen LogP contribution is 2.31. The molecule has 1 N–H and O–H groups in total. The van der Waals surface area contributed by atoms with Crippen molar-refractivity contribution < 1.29 is 33.8 Å². The fraction of sp³-hybridized carbons (Fsp3) is 0.750. The summed E-state index contributed by atoms with van der Waals surface area (Å²) in [6.45, 7) is 6.76. The van der Waals surface area contributed by atoms with Crippen molar-refractivity contribution in [3.8, 4) is 0 Å². The van der Waals surface area contributed by atoms with Gasteiger partial charge in [0.05, 0.1) is 6.61 Å². The van der Waals surface area contributed by atoms with Gasteiger partial charge in [-0.3, -0.25) is 9.59 Å². The van der Waals surface area contributed by atoms with E-state index in [1.165, 1.54) is 0 Å². The number of carbonyl (C=O) groups is 4. The van der Waals surface area contributed by atoms with Crippen LogP contribution in [0.3, 0.4) is 0 Å². The van der Waals surface area contributed by atoms with Crippen LogP contribution in [0.1, 0.15) is 53.4 Å². The van der Waals surface area contributed by atoms with Crippen molar-refractivity contribution in [2.24, 2.45) is 5.92 Å². The summed E-state index contributed by atoms with van der Waals surface area (Å²) < 4.78 is 10.1. The third kappa shape index (κ3) is 5.50. The van der Waals surface area contributed by atoms with Gasteiger partial charge in [0.15, 0.2) is 0 Å². The highest BCUT2D eigenvalue weighted by atomic mass is 16.6. The molecule has 2 amide bonds. The number of aliphatic carboxylic acids is 1. The summed E-state index contributed by atoms with van der Waals surface area (Å²) in [4.78, 5) is 48.3. The highest BCUT2D eigenvalue weighted by Gasteiger charge is 2.48.